The number of nitrogens with zero attached hydrogens (tertiary/aromatic N) is 4. The molecule has 1 aromatic carbocycles. The predicted octanol–water partition coefficient (Wildman–Crippen LogP) is 2.11. The lowest BCUT2D eigenvalue weighted by Crippen LogP contribution is -2.12. The van der Waals surface area contributed by atoms with Crippen molar-refractivity contribution in [3.63, 3.8) is 0 Å². The van der Waals surface area contributed by atoms with E-state index in [-0.39, 0.29) is 5.69 Å². The van der Waals surface area contributed by atoms with E-state index < -0.39 is 5.82 Å². The summed E-state index contributed by atoms with van der Waals surface area (Å²) in [4.78, 5) is 0. The van der Waals surface area contributed by atoms with Gasteiger partial charge >= 0.3 is 0 Å². The van der Waals surface area contributed by atoms with Gasteiger partial charge in [-0.1, -0.05) is 6.92 Å². The van der Waals surface area contributed by atoms with Gasteiger partial charge in [0.1, 0.15) is 5.82 Å². The van der Waals surface area contributed by atoms with Crippen molar-refractivity contribution in [1.82, 2.24) is 20.2 Å². The van der Waals surface area contributed by atoms with Crippen LogP contribution in [0.3, 0.4) is 0 Å². The highest BCUT2D eigenvalue weighted by atomic mass is 19.1. The van der Waals surface area contributed by atoms with Crippen LogP contribution in [0, 0.1) is 17.7 Å². The smallest absolute Gasteiger partial charge is 0.182 e. The molecule has 3 rings (SSSR count). The summed E-state index contributed by atoms with van der Waals surface area (Å²) in [5, 5.41) is 11.7. The van der Waals surface area contributed by atoms with Crippen molar-refractivity contribution < 1.29 is 4.39 Å². The van der Waals surface area contributed by atoms with Crippen molar-refractivity contribution in [1.29, 1.82) is 0 Å². The maximum Gasteiger partial charge on any atom is 0.182 e. The van der Waals surface area contributed by atoms with Crippen molar-refractivity contribution in [2.75, 3.05) is 5.73 Å². The molecular weight excluding hydrogens is 245 g/mol. The van der Waals surface area contributed by atoms with Crippen molar-refractivity contribution >= 4 is 5.69 Å². The number of nitrogen functional groups attached to an aromatic ring is 1. The number of aromatic nitrogens is 4. The van der Waals surface area contributed by atoms with Crippen LogP contribution in [0.2, 0.25) is 0 Å². The summed E-state index contributed by atoms with van der Waals surface area (Å²) in [6.07, 6.45) is 2.59. The third kappa shape index (κ3) is 2.43. The first-order valence-corrected chi connectivity index (χ1v) is 6.46. The number of nitrogens with two attached hydrogens (primary N) is 1. The Balaban J connectivity index is 1.87. The molecule has 2 aromatic rings. The largest absolute Gasteiger partial charge is 0.396 e. The molecule has 19 heavy (non-hydrogen) atoms. The third-order valence-electron chi connectivity index (χ3n) is 3.67. The van der Waals surface area contributed by atoms with E-state index in [1.54, 1.807) is 16.8 Å². The van der Waals surface area contributed by atoms with Gasteiger partial charge in [0.25, 0.3) is 0 Å². The fraction of sp³-hybridized carbons (Fsp3) is 0.462. The van der Waals surface area contributed by atoms with E-state index >= 15 is 0 Å². The number of rotatable bonds is 4. The van der Waals surface area contributed by atoms with Gasteiger partial charge in [0.2, 0.25) is 0 Å². The van der Waals surface area contributed by atoms with Crippen LogP contribution in [0.25, 0.3) is 11.4 Å². The van der Waals surface area contributed by atoms with Gasteiger partial charge < -0.3 is 5.73 Å². The number of halogens is 1. The minimum Gasteiger partial charge on any atom is -0.396 e. The van der Waals surface area contributed by atoms with E-state index in [1.807, 2.05) is 0 Å². The van der Waals surface area contributed by atoms with E-state index in [9.17, 15) is 4.39 Å². The number of tetrazole rings is 1. The van der Waals surface area contributed by atoms with Gasteiger partial charge in [-0.25, -0.2) is 9.07 Å². The summed E-state index contributed by atoms with van der Waals surface area (Å²) >= 11 is 0. The molecule has 0 amide bonds. The first-order valence-electron chi connectivity index (χ1n) is 6.46. The lowest BCUT2D eigenvalue weighted by Gasteiger charge is -2.11. The third-order valence-corrected chi connectivity index (χ3v) is 3.67. The zero-order valence-corrected chi connectivity index (χ0v) is 10.8. The van der Waals surface area contributed by atoms with E-state index in [4.69, 9.17) is 5.73 Å². The minimum absolute atomic E-state index is 0.113. The second kappa shape index (κ2) is 4.60. The lowest BCUT2D eigenvalue weighted by atomic mass is 10.1. The monoisotopic (exact) mass is 261 g/mol. The SMILES string of the molecule is CC(Cn1nnnc1-c1ccc(F)c(N)c1)C1CC1. The molecule has 100 valence electrons. The molecule has 0 radical (unpaired) electrons. The van der Waals surface area contributed by atoms with Gasteiger partial charge in [0.15, 0.2) is 5.82 Å². The molecule has 6 heteroatoms. The Morgan fingerprint density at radius 1 is 1.47 bits per heavy atom. The van der Waals surface area contributed by atoms with Crippen LogP contribution >= 0.6 is 0 Å². The van der Waals surface area contributed by atoms with Crippen molar-refractivity contribution in [3.8, 4) is 11.4 Å². The molecule has 1 unspecified atom stereocenters. The summed E-state index contributed by atoms with van der Waals surface area (Å²) in [6.45, 7) is 2.99. The van der Waals surface area contributed by atoms with Gasteiger partial charge in [-0.2, -0.15) is 0 Å². The van der Waals surface area contributed by atoms with Crippen LogP contribution in [0.4, 0.5) is 10.1 Å². The molecule has 1 heterocycles. The topological polar surface area (TPSA) is 69.6 Å². The highest BCUT2D eigenvalue weighted by Gasteiger charge is 2.29. The molecular formula is C13H16FN5. The number of hydrogen-bond donors (Lipinski definition) is 1. The number of anilines is 1. The first kappa shape index (κ1) is 12.1. The van der Waals surface area contributed by atoms with Gasteiger partial charge in [0.05, 0.1) is 5.69 Å². The van der Waals surface area contributed by atoms with Crippen molar-refractivity contribution in [3.05, 3.63) is 24.0 Å². The summed E-state index contributed by atoms with van der Waals surface area (Å²) in [5.41, 5.74) is 6.44. The molecule has 1 aliphatic rings. The van der Waals surface area contributed by atoms with Crippen molar-refractivity contribution in [2.24, 2.45) is 11.8 Å². The second-order valence-electron chi connectivity index (χ2n) is 5.24. The Bertz CT molecular complexity index is 590. The summed E-state index contributed by atoms with van der Waals surface area (Å²) < 4.78 is 15.0. The Labute approximate surface area is 110 Å². The molecule has 1 atom stereocenters. The maximum absolute atomic E-state index is 13.2. The maximum atomic E-state index is 13.2. The van der Waals surface area contributed by atoms with Gasteiger partial charge in [-0.15, -0.1) is 5.10 Å². The Morgan fingerprint density at radius 2 is 2.26 bits per heavy atom. The van der Waals surface area contributed by atoms with Crippen LogP contribution in [0.1, 0.15) is 19.8 Å². The molecule has 5 nitrogen and oxygen atoms in total. The molecule has 2 N–H and O–H groups in total. The normalized spacial score (nSPS) is 16.5. The molecule has 1 aromatic heterocycles. The summed E-state index contributed by atoms with van der Waals surface area (Å²) in [5.74, 6) is 1.56. The predicted molar refractivity (Wildman–Crippen MR) is 69.5 cm³/mol. The number of hydrogen-bond acceptors (Lipinski definition) is 4. The average Bonchev–Trinajstić information content (AvgIpc) is 3.14. The van der Waals surface area contributed by atoms with E-state index in [2.05, 4.69) is 22.4 Å². The van der Waals surface area contributed by atoms with Gasteiger partial charge in [-0.3, -0.25) is 0 Å². The lowest BCUT2D eigenvalue weighted by molar-refractivity contribution is 0.402. The fourth-order valence-corrected chi connectivity index (χ4v) is 2.30. The molecule has 0 spiro atoms. The molecule has 1 fully saturated rings. The fourth-order valence-electron chi connectivity index (χ4n) is 2.30. The quantitative estimate of drug-likeness (QED) is 0.856. The van der Waals surface area contributed by atoms with Crippen LogP contribution in [-0.2, 0) is 6.54 Å². The Kier molecular flexibility index (Phi) is 2.93. The molecule has 0 aliphatic heterocycles. The van der Waals surface area contributed by atoms with Crippen LogP contribution in [0.5, 0.6) is 0 Å². The van der Waals surface area contributed by atoms with E-state index in [1.165, 1.54) is 18.9 Å². The second-order valence-corrected chi connectivity index (χ2v) is 5.24. The average molecular weight is 261 g/mol. The van der Waals surface area contributed by atoms with Crippen LogP contribution in [0.15, 0.2) is 18.2 Å². The van der Waals surface area contributed by atoms with E-state index in [0.29, 0.717) is 11.7 Å². The van der Waals surface area contributed by atoms with Crippen molar-refractivity contribution in [2.45, 2.75) is 26.3 Å². The summed E-state index contributed by atoms with van der Waals surface area (Å²) in [6, 6.07) is 4.56. The van der Waals surface area contributed by atoms with Crippen LogP contribution in [-0.4, -0.2) is 20.2 Å². The molecule has 1 aliphatic carbocycles. The standard InChI is InChI=1S/C13H16FN5/c1-8(9-2-3-9)7-19-13(16-17-18-19)10-4-5-11(14)12(15)6-10/h4-6,8-9H,2-3,7,15H2,1H3. The summed E-state index contributed by atoms with van der Waals surface area (Å²) in [7, 11) is 0. The number of benzene rings is 1. The van der Waals surface area contributed by atoms with Crippen LogP contribution < -0.4 is 5.73 Å². The first-order chi connectivity index (χ1) is 9.15. The Morgan fingerprint density at radius 3 is 2.95 bits per heavy atom. The zero-order chi connectivity index (χ0) is 13.4. The molecule has 1 saturated carbocycles. The minimum atomic E-state index is -0.422. The molecule has 0 bridgehead atoms. The highest BCUT2D eigenvalue weighted by Crippen LogP contribution is 2.37. The van der Waals surface area contributed by atoms with E-state index in [0.717, 1.165) is 18.0 Å². The Hall–Kier alpha value is -1.98. The molecule has 0 saturated heterocycles. The highest BCUT2D eigenvalue weighted by molar-refractivity contribution is 5.61. The zero-order valence-electron chi connectivity index (χ0n) is 10.8. The van der Waals surface area contributed by atoms with Gasteiger partial charge in [0, 0.05) is 12.1 Å². The van der Waals surface area contributed by atoms with Gasteiger partial charge in [-0.05, 0) is 53.3 Å².